The van der Waals surface area contributed by atoms with Gasteiger partial charge in [-0.3, -0.25) is 13.9 Å². The maximum Gasteiger partial charge on any atom is 0.264 e. The van der Waals surface area contributed by atoms with Gasteiger partial charge in [0.2, 0.25) is 5.91 Å². The molecule has 1 aliphatic carbocycles. The number of nitrogens with zero attached hydrogens (tertiary/aromatic N) is 2. The normalized spacial score (nSPS) is 17.9. The molecule has 7 nitrogen and oxygen atoms in total. The van der Waals surface area contributed by atoms with E-state index >= 15 is 4.39 Å². The van der Waals surface area contributed by atoms with Crippen molar-refractivity contribution in [2.75, 3.05) is 17.4 Å². The summed E-state index contributed by atoms with van der Waals surface area (Å²) in [5.74, 6) is -3.09. The Morgan fingerprint density at radius 1 is 1.05 bits per heavy atom. The van der Waals surface area contributed by atoms with Gasteiger partial charge in [0.05, 0.1) is 22.2 Å². The summed E-state index contributed by atoms with van der Waals surface area (Å²) in [7, 11) is -4.28. The second-order valence-electron chi connectivity index (χ2n) is 11.1. The SMILES string of the molecule is CCN(CCC1c2cc(C(=O)NCc3ccccc3C(F)F)c(F)cc2N(S(=O)(=O)c2ccc(F)cc2)C1C1CC1)C(C)=O. The molecule has 0 aromatic heterocycles. The summed E-state index contributed by atoms with van der Waals surface area (Å²) in [5.41, 5.74) is 0.107. The van der Waals surface area contributed by atoms with Crippen LogP contribution < -0.4 is 9.62 Å². The topological polar surface area (TPSA) is 86.8 Å². The van der Waals surface area contributed by atoms with E-state index in [1.165, 1.54) is 35.5 Å². The maximum atomic E-state index is 15.7. The Hall–Kier alpha value is -3.93. The van der Waals surface area contributed by atoms with E-state index < -0.39 is 46.0 Å². The summed E-state index contributed by atoms with van der Waals surface area (Å²) in [4.78, 5) is 26.9. The highest BCUT2D eigenvalue weighted by Gasteiger charge is 2.51. The molecule has 3 aromatic rings. The molecular weight excluding hydrogens is 598 g/mol. The Balaban J connectivity index is 1.55. The van der Waals surface area contributed by atoms with Crippen molar-refractivity contribution in [3.05, 3.63) is 94.6 Å². The fraction of sp³-hybridized carbons (Fsp3) is 0.375. The summed E-state index contributed by atoms with van der Waals surface area (Å²) in [6.45, 7) is 3.77. The number of halogens is 4. The number of carbonyl (C=O) groups excluding carboxylic acids is 2. The van der Waals surface area contributed by atoms with E-state index in [4.69, 9.17) is 0 Å². The standard InChI is InChI=1S/C32H33F4N3O4S/c1-3-38(19(2)40)15-14-25-26-16-27(32(41)37-18-21-6-4-5-7-24(21)31(35)36)28(34)17-29(26)39(30(25)20-8-9-20)44(42,43)23-12-10-22(33)11-13-23/h4-7,10-13,16-17,20,25,30-31H,3,8-9,14-15,18H2,1-2H3,(H,37,41). The van der Waals surface area contributed by atoms with Gasteiger partial charge in [0, 0.05) is 38.0 Å². The predicted octanol–water partition coefficient (Wildman–Crippen LogP) is 6.16. The molecule has 0 bridgehead atoms. The Morgan fingerprint density at radius 3 is 2.34 bits per heavy atom. The molecule has 12 heteroatoms. The van der Waals surface area contributed by atoms with E-state index in [0.29, 0.717) is 25.1 Å². The monoisotopic (exact) mass is 631 g/mol. The molecule has 0 radical (unpaired) electrons. The van der Waals surface area contributed by atoms with Crippen LogP contribution in [0.2, 0.25) is 0 Å². The van der Waals surface area contributed by atoms with E-state index in [1.54, 1.807) is 11.0 Å². The van der Waals surface area contributed by atoms with Crippen LogP contribution in [-0.4, -0.2) is 44.3 Å². The highest BCUT2D eigenvalue weighted by Crippen LogP contribution is 2.54. The number of hydrogen-bond donors (Lipinski definition) is 1. The lowest BCUT2D eigenvalue weighted by Crippen LogP contribution is -2.41. The maximum absolute atomic E-state index is 15.7. The van der Waals surface area contributed by atoms with Crippen LogP contribution in [0, 0.1) is 17.6 Å². The first-order valence-electron chi connectivity index (χ1n) is 14.5. The highest BCUT2D eigenvalue weighted by atomic mass is 32.2. The molecule has 1 N–H and O–H groups in total. The van der Waals surface area contributed by atoms with Gasteiger partial charge < -0.3 is 10.2 Å². The zero-order valence-corrected chi connectivity index (χ0v) is 25.1. The molecule has 1 fully saturated rings. The van der Waals surface area contributed by atoms with E-state index in [1.807, 2.05) is 6.92 Å². The fourth-order valence-electron chi connectivity index (χ4n) is 6.06. The number of alkyl halides is 2. The number of sulfonamides is 1. The molecule has 234 valence electrons. The Kier molecular flexibility index (Phi) is 9.01. The van der Waals surface area contributed by atoms with Gasteiger partial charge in [0.1, 0.15) is 11.6 Å². The minimum absolute atomic E-state index is 0.0405. The van der Waals surface area contributed by atoms with Crippen LogP contribution in [0.5, 0.6) is 0 Å². The van der Waals surface area contributed by atoms with Gasteiger partial charge in [-0.2, -0.15) is 0 Å². The van der Waals surface area contributed by atoms with Crippen molar-refractivity contribution in [1.82, 2.24) is 10.2 Å². The fourth-order valence-corrected chi connectivity index (χ4v) is 7.82. The lowest BCUT2D eigenvalue weighted by molar-refractivity contribution is -0.128. The van der Waals surface area contributed by atoms with Crippen LogP contribution in [0.25, 0.3) is 0 Å². The Bertz CT molecular complexity index is 1660. The molecule has 1 saturated carbocycles. The quantitative estimate of drug-likeness (QED) is 0.257. The smallest absolute Gasteiger partial charge is 0.264 e. The van der Waals surface area contributed by atoms with Crippen molar-refractivity contribution >= 4 is 27.5 Å². The number of rotatable bonds is 11. The van der Waals surface area contributed by atoms with Crippen molar-refractivity contribution in [3.8, 4) is 0 Å². The number of fused-ring (bicyclic) bond motifs is 1. The van der Waals surface area contributed by atoms with Crippen molar-refractivity contribution in [2.45, 2.75) is 62.9 Å². The van der Waals surface area contributed by atoms with Crippen LogP contribution in [0.1, 0.15) is 72.5 Å². The number of anilines is 1. The van der Waals surface area contributed by atoms with E-state index in [-0.39, 0.29) is 45.6 Å². The van der Waals surface area contributed by atoms with E-state index in [2.05, 4.69) is 5.32 Å². The third kappa shape index (κ3) is 6.17. The van der Waals surface area contributed by atoms with Crippen molar-refractivity contribution in [1.29, 1.82) is 0 Å². The van der Waals surface area contributed by atoms with Gasteiger partial charge >= 0.3 is 0 Å². The number of hydrogen-bond acceptors (Lipinski definition) is 4. The molecule has 2 unspecified atom stereocenters. The molecule has 5 rings (SSSR count). The largest absolute Gasteiger partial charge is 0.348 e. The number of amides is 2. The number of nitrogens with one attached hydrogen (secondary N) is 1. The first-order valence-corrected chi connectivity index (χ1v) is 15.9. The van der Waals surface area contributed by atoms with Crippen LogP contribution in [0.15, 0.2) is 65.6 Å². The molecule has 1 heterocycles. The molecular formula is C32H33F4N3O4S. The molecule has 2 amide bonds. The van der Waals surface area contributed by atoms with Crippen molar-refractivity contribution < 1.29 is 35.6 Å². The molecule has 2 aliphatic rings. The second-order valence-corrected chi connectivity index (χ2v) is 13.0. The third-order valence-corrected chi connectivity index (χ3v) is 10.2. The molecule has 44 heavy (non-hydrogen) atoms. The third-order valence-electron chi connectivity index (χ3n) is 8.42. The lowest BCUT2D eigenvalue weighted by atomic mass is 9.88. The van der Waals surface area contributed by atoms with E-state index in [0.717, 1.165) is 43.2 Å². The zero-order chi connectivity index (χ0) is 31.8. The van der Waals surface area contributed by atoms with Gasteiger partial charge in [-0.25, -0.2) is 26.0 Å². The summed E-state index contributed by atoms with van der Waals surface area (Å²) >= 11 is 0. The minimum Gasteiger partial charge on any atom is -0.348 e. The van der Waals surface area contributed by atoms with Gasteiger partial charge in [-0.05, 0) is 79.6 Å². The van der Waals surface area contributed by atoms with Gasteiger partial charge in [0.15, 0.2) is 0 Å². The molecule has 1 aliphatic heterocycles. The second kappa shape index (κ2) is 12.6. The predicted molar refractivity (Wildman–Crippen MR) is 157 cm³/mol. The molecule has 0 spiro atoms. The van der Waals surface area contributed by atoms with Gasteiger partial charge in [0.25, 0.3) is 22.4 Å². The van der Waals surface area contributed by atoms with Crippen LogP contribution >= 0.6 is 0 Å². The molecule has 0 saturated heterocycles. The average molecular weight is 632 g/mol. The van der Waals surface area contributed by atoms with Crippen LogP contribution in [0.3, 0.4) is 0 Å². The van der Waals surface area contributed by atoms with Crippen molar-refractivity contribution in [3.63, 3.8) is 0 Å². The Labute approximate surface area is 253 Å². The van der Waals surface area contributed by atoms with Crippen LogP contribution in [-0.2, 0) is 21.4 Å². The summed E-state index contributed by atoms with van der Waals surface area (Å²) < 4.78 is 85.6. The van der Waals surface area contributed by atoms with Gasteiger partial charge in [-0.15, -0.1) is 0 Å². The summed E-state index contributed by atoms with van der Waals surface area (Å²) in [6, 6.07) is 11.9. The summed E-state index contributed by atoms with van der Waals surface area (Å²) in [5, 5.41) is 2.52. The lowest BCUT2D eigenvalue weighted by Gasteiger charge is -2.31. The number of carbonyl (C=O) groups is 2. The highest BCUT2D eigenvalue weighted by molar-refractivity contribution is 7.92. The van der Waals surface area contributed by atoms with Crippen LogP contribution in [0.4, 0.5) is 23.2 Å². The first kappa shape index (κ1) is 31.5. The Morgan fingerprint density at radius 2 is 1.73 bits per heavy atom. The van der Waals surface area contributed by atoms with Gasteiger partial charge in [-0.1, -0.05) is 24.3 Å². The molecule has 2 atom stereocenters. The first-order chi connectivity index (χ1) is 20.9. The van der Waals surface area contributed by atoms with E-state index in [9.17, 15) is 31.2 Å². The average Bonchev–Trinajstić information content (AvgIpc) is 3.78. The number of benzene rings is 3. The zero-order valence-electron chi connectivity index (χ0n) is 24.3. The van der Waals surface area contributed by atoms with Crippen molar-refractivity contribution in [2.24, 2.45) is 5.92 Å². The summed E-state index contributed by atoms with van der Waals surface area (Å²) in [6.07, 6.45) is -0.917. The minimum atomic E-state index is -4.28. The molecule has 3 aromatic carbocycles.